The number of likely N-dealkylation sites (tertiary alicyclic amines) is 1. The molecule has 1 unspecified atom stereocenters. The van der Waals surface area contributed by atoms with Gasteiger partial charge in [0.2, 0.25) is 0 Å². The fraction of sp³-hybridized carbons (Fsp3) is 0.867. The highest BCUT2D eigenvalue weighted by Crippen LogP contribution is 2.42. The zero-order chi connectivity index (χ0) is 12.1. The van der Waals surface area contributed by atoms with Gasteiger partial charge in [-0.2, -0.15) is 0 Å². The fourth-order valence-electron chi connectivity index (χ4n) is 3.14. The molecule has 1 spiro atoms. The molecule has 2 aliphatic rings. The molecule has 1 atom stereocenters. The number of nitrogens with zero attached hydrogens (tertiary/aromatic N) is 1. The Kier molecular flexibility index (Phi) is 4.48. The normalized spacial score (nSPS) is 28.4. The third-order valence-electron chi connectivity index (χ3n) is 4.38. The molecule has 0 aromatic carbocycles. The molecule has 2 heterocycles. The van der Waals surface area contributed by atoms with Crippen LogP contribution in [0, 0.1) is 17.8 Å². The first-order valence-electron chi connectivity index (χ1n) is 7.05. The van der Waals surface area contributed by atoms with Crippen molar-refractivity contribution in [2.45, 2.75) is 51.6 Å². The Morgan fingerprint density at radius 1 is 1.41 bits per heavy atom. The minimum atomic E-state index is 0.335. The van der Waals surface area contributed by atoms with E-state index in [1.807, 2.05) is 0 Å². The molecule has 2 nitrogen and oxygen atoms in total. The summed E-state index contributed by atoms with van der Waals surface area (Å²) in [4.78, 5) is 2.61. The van der Waals surface area contributed by atoms with Crippen molar-refractivity contribution >= 4 is 0 Å². The van der Waals surface area contributed by atoms with Crippen LogP contribution in [0.2, 0.25) is 0 Å². The van der Waals surface area contributed by atoms with Crippen LogP contribution in [-0.4, -0.2) is 37.2 Å². The molecule has 2 rings (SSSR count). The largest absolute Gasteiger partial charge is 0.377 e. The van der Waals surface area contributed by atoms with Crippen molar-refractivity contribution in [3.05, 3.63) is 0 Å². The molecule has 0 N–H and O–H groups in total. The molecule has 0 saturated carbocycles. The molecule has 0 aromatic rings. The summed E-state index contributed by atoms with van der Waals surface area (Å²) in [6.45, 7) is 7.00. The molecule has 0 amide bonds. The van der Waals surface area contributed by atoms with Gasteiger partial charge >= 0.3 is 0 Å². The van der Waals surface area contributed by atoms with E-state index in [2.05, 4.69) is 17.7 Å². The quantitative estimate of drug-likeness (QED) is 0.695. The molecule has 0 bridgehead atoms. The lowest BCUT2D eigenvalue weighted by molar-refractivity contribution is 0.0659. The monoisotopic (exact) mass is 235 g/mol. The number of unbranched alkanes of at least 4 members (excludes halogenated alkanes) is 1. The van der Waals surface area contributed by atoms with E-state index in [4.69, 9.17) is 11.2 Å². The summed E-state index contributed by atoms with van der Waals surface area (Å²) in [5.74, 6) is 2.73. The average Bonchev–Trinajstić information content (AvgIpc) is 2.73. The van der Waals surface area contributed by atoms with Crippen molar-refractivity contribution in [1.82, 2.24) is 4.90 Å². The molecule has 2 saturated heterocycles. The molecule has 17 heavy (non-hydrogen) atoms. The highest BCUT2D eigenvalue weighted by molar-refractivity contribution is 4.97. The number of hydrogen-bond acceptors (Lipinski definition) is 2. The Bertz CT molecular complexity index is 273. The molecule has 0 aromatic heterocycles. The van der Waals surface area contributed by atoms with Crippen molar-refractivity contribution in [3.8, 4) is 12.3 Å². The summed E-state index contributed by atoms with van der Waals surface area (Å²) in [5, 5.41) is 0. The first-order valence-corrected chi connectivity index (χ1v) is 7.05. The average molecular weight is 235 g/mol. The van der Waals surface area contributed by atoms with Gasteiger partial charge in [-0.15, -0.1) is 12.3 Å². The molecule has 0 aliphatic carbocycles. The zero-order valence-electron chi connectivity index (χ0n) is 11.1. The minimum absolute atomic E-state index is 0.335. The van der Waals surface area contributed by atoms with Gasteiger partial charge in [-0.05, 0) is 50.7 Å². The first kappa shape index (κ1) is 12.9. The second-order valence-corrected chi connectivity index (χ2v) is 5.74. The van der Waals surface area contributed by atoms with E-state index in [1.165, 1.54) is 51.7 Å². The van der Waals surface area contributed by atoms with Gasteiger partial charge in [0, 0.05) is 6.42 Å². The van der Waals surface area contributed by atoms with E-state index in [9.17, 15) is 0 Å². The number of piperidine rings is 1. The molecule has 0 radical (unpaired) electrons. The molecule has 2 fully saturated rings. The van der Waals surface area contributed by atoms with Gasteiger partial charge in [0.25, 0.3) is 0 Å². The number of terminal acetylenes is 1. The lowest BCUT2D eigenvalue weighted by Gasteiger charge is -2.38. The topological polar surface area (TPSA) is 12.5 Å². The number of hydrogen-bond donors (Lipinski definition) is 0. The predicted molar refractivity (Wildman–Crippen MR) is 70.8 cm³/mol. The van der Waals surface area contributed by atoms with E-state index in [1.54, 1.807) is 0 Å². The van der Waals surface area contributed by atoms with E-state index < -0.39 is 0 Å². The van der Waals surface area contributed by atoms with E-state index in [0.29, 0.717) is 11.5 Å². The summed E-state index contributed by atoms with van der Waals surface area (Å²) >= 11 is 0. The predicted octanol–water partition coefficient (Wildman–Crippen LogP) is 2.68. The lowest BCUT2D eigenvalue weighted by atomic mass is 9.76. The Hall–Kier alpha value is -0.520. The highest BCUT2D eigenvalue weighted by atomic mass is 16.5. The highest BCUT2D eigenvalue weighted by Gasteiger charge is 2.41. The van der Waals surface area contributed by atoms with Crippen LogP contribution in [0.5, 0.6) is 0 Å². The lowest BCUT2D eigenvalue weighted by Crippen LogP contribution is -2.40. The summed E-state index contributed by atoms with van der Waals surface area (Å²) in [7, 11) is 0. The Morgan fingerprint density at radius 2 is 2.18 bits per heavy atom. The summed E-state index contributed by atoms with van der Waals surface area (Å²) < 4.78 is 5.84. The van der Waals surface area contributed by atoms with Crippen LogP contribution in [0.4, 0.5) is 0 Å². The van der Waals surface area contributed by atoms with Crippen LogP contribution >= 0.6 is 0 Å². The molecular weight excluding hydrogens is 210 g/mol. The van der Waals surface area contributed by atoms with E-state index in [0.717, 1.165) is 13.0 Å². The van der Waals surface area contributed by atoms with Gasteiger partial charge in [-0.3, -0.25) is 0 Å². The Labute approximate surface area is 106 Å². The van der Waals surface area contributed by atoms with Crippen LogP contribution in [-0.2, 0) is 4.74 Å². The van der Waals surface area contributed by atoms with Gasteiger partial charge in [-0.1, -0.05) is 13.3 Å². The second-order valence-electron chi connectivity index (χ2n) is 5.74. The molecule has 2 heteroatoms. The SMILES string of the molecule is C#CCC1CC2(CCN(CCCC)CC2)CO1. The van der Waals surface area contributed by atoms with Gasteiger partial charge in [0.05, 0.1) is 12.7 Å². The van der Waals surface area contributed by atoms with Crippen LogP contribution in [0.15, 0.2) is 0 Å². The van der Waals surface area contributed by atoms with Crippen molar-refractivity contribution < 1.29 is 4.74 Å². The van der Waals surface area contributed by atoms with Crippen LogP contribution < -0.4 is 0 Å². The second kappa shape index (κ2) is 5.89. The maximum Gasteiger partial charge on any atom is 0.0690 e. The summed E-state index contributed by atoms with van der Waals surface area (Å²) in [5.41, 5.74) is 0.463. The zero-order valence-corrected chi connectivity index (χ0v) is 11.1. The third kappa shape index (κ3) is 3.24. The molecule has 2 aliphatic heterocycles. The first-order chi connectivity index (χ1) is 8.28. The Morgan fingerprint density at radius 3 is 2.82 bits per heavy atom. The maximum atomic E-state index is 5.84. The number of ether oxygens (including phenoxy) is 1. The fourth-order valence-corrected chi connectivity index (χ4v) is 3.14. The van der Waals surface area contributed by atoms with Gasteiger partial charge < -0.3 is 9.64 Å². The third-order valence-corrected chi connectivity index (χ3v) is 4.38. The van der Waals surface area contributed by atoms with Gasteiger partial charge in [0.1, 0.15) is 0 Å². The van der Waals surface area contributed by atoms with Crippen molar-refractivity contribution in [3.63, 3.8) is 0 Å². The van der Waals surface area contributed by atoms with Gasteiger partial charge in [-0.25, -0.2) is 0 Å². The smallest absolute Gasteiger partial charge is 0.0690 e. The van der Waals surface area contributed by atoms with E-state index in [-0.39, 0.29) is 0 Å². The van der Waals surface area contributed by atoms with Gasteiger partial charge in [0.15, 0.2) is 0 Å². The summed E-state index contributed by atoms with van der Waals surface area (Å²) in [6, 6.07) is 0. The molecule has 96 valence electrons. The van der Waals surface area contributed by atoms with Crippen LogP contribution in [0.1, 0.15) is 45.4 Å². The minimum Gasteiger partial charge on any atom is -0.377 e. The maximum absolute atomic E-state index is 5.84. The number of rotatable bonds is 4. The Balaban J connectivity index is 1.77. The van der Waals surface area contributed by atoms with Crippen LogP contribution in [0.25, 0.3) is 0 Å². The van der Waals surface area contributed by atoms with E-state index >= 15 is 0 Å². The standard InChI is InChI=1S/C15H25NO/c1-3-5-9-16-10-7-15(8-11-16)12-14(6-4-2)17-13-15/h2,14H,3,5-13H2,1H3. The summed E-state index contributed by atoms with van der Waals surface area (Å²) in [6.07, 6.45) is 12.9. The van der Waals surface area contributed by atoms with Crippen LogP contribution in [0.3, 0.4) is 0 Å². The van der Waals surface area contributed by atoms with Crippen molar-refractivity contribution in [2.75, 3.05) is 26.2 Å². The molecular formula is C15H25NO. The van der Waals surface area contributed by atoms with Crippen molar-refractivity contribution in [2.24, 2.45) is 5.41 Å². The van der Waals surface area contributed by atoms with Crippen molar-refractivity contribution in [1.29, 1.82) is 0 Å².